The van der Waals surface area contributed by atoms with Gasteiger partial charge in [0.15, 0.2) is 5.13 Å². The van der Waals surface area contributed by atoms with Gasteiger partial charge in [0.1, 0.15) is 0 Å². The van der Waals surface area contributed by atoms with E-state index in [-0.39, 0.29) is 24.4 Å². The van der Waals surface area contributed by atoms with E-state index < -0.39 is 0 Å². The van der Waals surface area contributed by atoms with Gasteiger partial charge in [0.2, 0.25) is 5.91 Å². The maximum atomic E-state index is 12.0. The minimum absolute atomic E-state index is 0. The van der Waals surface area contributed by atoms with Crippen LogP contribution in [0.3, 0.4) is 0 Å². The third-order valence-corrected chi connectivity index (χ3v) is 4.58. The SMILES string of the molecule is Cl.O=C(Nc1ncc(Cc2cccc(Cl)c2)s1)C1CCCN1. The first-order valence-electron chi connectivity index (χ1n) is 6.94. The summed E-state index contributed by atoms with van der Waals surface area (Å²) in [4.78, 5) is 17.4. The quantitative estimate of drug-likeness (QED) is 0.880. The van der Waals surface area contributed by atoms with Gasteiger partial charge >= 0.3 is 0 Å². The molecule has 0 saturated carbocycles. The van der Waals surface area contributed by atoms with Crippen LogP contribution < -0.4 is 10.6 Å². The van der Waals surface area contributed by atoms with Gasteiger partial charge in [0, 0.05) is 22.5 Å². The molecule has 118 valence electrons. The highest BCUT2D eigenvalue weighted by molar-refractivity contribution is 7.15. The number of rotatable bonds is 4. The number of hydrogen-bond acceptors (Lipinski definition) is 4. The monoisotopic (exact) mass is 357 g/mol. The summed E-state index contributed by atoms with van der Waals surface area (Å²) in [5.74, 6) is 0.0103. The zero-order valence-electron chi connectivity index (χ0n) is 11.8. The van der Waals surface area contributed by atoms with Crippen molar-refractivity contribution in [3.63, 3.8) is 0 Å². The van der Waals surface area contributed by atoms with Gasteiger partial charge in [0.05, 0.1) is 6.04 Å². The van der Waals surface area contributed by atoms with Gasteiger partial charge in [-0.3, -0.25) is 4.79 Å². The van der Waals surface area contributed by atoms with Crippen LogP contribution in [0, 0.1) is 0 Å². The van der Waals surface area contributed by atoms with Crippen LogP contribution in [0.15, 0.2) is 30.5 Å². The lowest BCUT2D eigenvalue weighted by Crippen LogP contribution is -2.35. The highest BCUT2D eigenvalue weighted by Crippen LogP contribution is 2.23. The van der Waals surface area contributed by atoms with Crippen molar-refractivity contribution in [3.05, 3.63) is 45.9 Å². The molecule has 0 spiro atoms. The number of hydrogen-bond donors (Lipinski definition) is 2. The Morgan fingerprint density at radius 3 is 3.09 bits per heavy atom. The van der Waals surface area contributed by atoms with Crippen molar-refractivity contribution in [1.82, 2.24) is 10.3 Å². The first kappa shape index (κ1) is 17.2. The lowest BCUT2D eigenvalue weighted by atomic mass is 10.1. The number of thiazole rings is 1. The van der Waals surface area contributed by atoms with E-state index in [4.69, 9.17) is 11.6 Å². The predicted molar refractivity (Wildman–Crippen MR) is 93.3 cm³/mol. The summed E-state index contributed by atoms with van der Waals surface area (Å²) in [6, 6.07) is 7.70. The molecule has 1 aromatic carbocycles. The zero-order valence-corrected chi connectivity index (χ0v) is 14.2. The summed E-state index contributed by atoms with van der Waals surface area (Å²) in [7, 11) is 0. The van der Waals surface area contributed by atoms with Crippen LogP contribution in [0.25, 0.3) is 0 Å². The molecule has 1 aliphatic heterocycles. The normalized spacial score (nSPS) is 17.0. The van der Waals surface area contributed by atoms with Gasteiger partial charge in [-0.2, -0.15) is 0 Å². The molecule has 2 heterocycles. The van der Waals surface area contributed by atoms with Gasteiger partial charge in [-0.15, -0.1) is 23.7 Å². The third-order valence-electron chi connectivity index (χ3n) is 3.43. The van der Waals surface area contributed by atoms with Crippen molar-refractivity contribution in [2.75, 3.05) is 11.9 Å². The summed E-state index contributed by atoms with van der Waals surface area (Å²) in [6.07, 6.45) is 4.53. The van der Waals surface area contributed by atoms with Crippen LogP contribution in [0.2, 0.25) is 5.02 Å². The van der Waals surface area contributed by atoms with E-state index in [1.54, 1.807) is 0 Å². The molecule has 2 aromatic rings. The molecule has 1 atom stereocenters. The number of nitrogens with zero attached hydrogens (tertiary/aromatic N) is 1. The molecule has 1 fully saturated rings. The molecule has 1 amide bonds. The maximum Gasteiger partial charge on any atom is 0.243 e. The molecular weight excluding hydrogens is 341 g/mol. The van der Waals surface area contributed by atoms with E-state index in [0.29, 0.717) is 5.13 Å². The van der Waals surface area contributed by atoms with Crippen molar-refractivity contribution < 1.29 is 4.79 Å². The molecule has 0 aliphatic carbocycles. The number of carbonyl (C=O) groups excluding carboxylic acids is 1. The maximum absolute atomic E-state index is 12.0. The highest BCUT2D eigenvalue weighted by Gasteiger charge is 2.22. The molecule has 0 radical (unpaired) electrons. The number of benzene rings is 1. The van der Waals surface area contributed by atoms with Gasteiger partial charge < -0.3 is 10.6 Å². The summed E-state index contributed by atoms with van der Waals surface area (Å²) >= 11 is 7.49. The number of halogens is 2. The second-order valence-corrected chi connectivity index (χ2v) is 6.63. The fourth-order valence-electron chi connectivity index (χ4n) is 2.40. The first-order valence-corrected chi connectivity index (χ1v) is 8.13. The number of anilines is 1. The lowest BCUT2D eigenvalue weighted by Gasteiger charge is -2.08. The van der Waals surface area contributed by atoms with Crippen molar-refractivity contribution in [2.24, 2.45) is 0 Å². The molecule has 2 N–H and O–H groups in total. The number of aromatic nitrogens is 1. The van der Waals surface area contributed by atoms with E-state index in [1.807, 2.05) is 30.5 Å². The van der Waals surface area contributed by atoms with Crippen LogP contribution in [0.4, 0.5) is 5.13 Å². The average Bonchev–Trinajstić information content (AvgIpc) is 3.10. The Balaban J connectivity index is 0.00000176. The number of nitrogens with one attached hydrogen (secondary N) is 2. The Morgan fingerprint density at radius 2 is 2.36 bits per heavy atom. The summed E-state index contributed by atoms with van der Waals surface area (Å²) < 4.78 is 0. The number of carbonyl (C=O) groups is 1. The largest absolute Gasteiger partial charge is 0.306 e. The topological polar surface area (TPSA) is 54.0 Å². The average molecular weight is 358 g/mol. The van der Waals surface area contributed by atoms with Gasteiger partial charge in [0.25, 0.3) is 0 Å². The van der Waals surface area contributed by atoms with E-state index in [1.165, 1.54) is 11.3 Å². The molecule has 1 aliphatic rings. The fraction of sp³-hybridized carbons (Fsp3) is 0.333. The van der Waals surface area contributed by atoms with Crippen LogP contribution in [-0.4, -0.2) is 23.5 Å². The smallest absolute Gasteiger partial charge is 0.243 e. The van der Waals surface area contributed by atoms with Gasteiger partial charge in [-0.05, 0) is 37.1 Å². The van der Waals surface area contributed by atoms with E-state index in [9.17, 15) is 4.79 Å². The molecule has 0 bridgehead atoms. The fourth-order valence-corrected chi connectivity index (χ4v) is 3.46. The Hall–Kier alpha value is -1.14. The Labute approximate surface area is 144 Å². The van der Waals surface area contributed by atoms with Crippen molar-refractivity contribution >= 4 is 46.4 Å². The zero-order chi connectivity index (χ0) is 14.7. The van der Waals surface area contributed by atoms with Crippen LogP contribution in [0.1, 0.15) is 23.3 Å². The van der Waals surface area contributed by atoms with E-state index in [2.05, 4.69) is 15.6 Å². The molecule has 4 nitrogen and oxygen atoms in total. The van der Waals surface area contributed by atoms with Crippen molar-refractivity contribution in [1.29, 1.82) is 0 Å². The first-order chi connectivity index (χ1) is 10.2. The van der Waals surface area contributed by atoms with Crippen LogP contribution in [0.5, 0.6) is 0 Å². The summed E-state index contributed by atoms with van der Waals surface area (Å²) in [5.41, 5.74) is 1.14. The van der Waals surface area contributed by atoms with Crippen molar-refractivity contribution in [3.8, 4) is 0 Å². The van der Waals surface area contributed by atoms with Gasteiger partial charge in [-0.1, -0.05) is 23.7 Å². The van der Waals surface area contributed by atoms with Gasteiger partial charge in [-0.25, -0.2) is 4.98 Å². The summed E-state index contributed by atoms with van der Waals surface area (Å²) in [6.45, 7) is 0.913. The standard InChI is InChI=1S/C15H16ClN3OS.ClH/c16-11-4-1-3-10(7-11)8-12-9-18-15(21-12)19-14(20)13-5-2-6-17-13;/h1,3-4,7,9,13,17H,2,5-6,8H2,(H,18,19,20);1H. The second kappa shape index (κ2) is 7.92. The Morgan fingerprint density at radius 1 is 1.50 bits per heavy atom. The highest BCUT2D eigenvalue weighted by atomic mass is 35.5. The molecule has 1 unspecified atom stereocenters. The molecule has 1 aromatic heterocycles. The van der Waals surface area contributed by atoms with Crippen LogP contribution in [-0.2, 0) is 11.2 Å². The number of amides is 1. The predicted octanol–water partition coefficient (Wildman–Crippen LogP) is 3.50. The van der Waals surface area contributed by atoms with Crippen LogP contribution >= 0.6 is 35.3 Å². The molecule has 22 heavy (non-hydrogen) atoms. The lowest BCUT2D eigenvalue weighted by molar-refractivity contribution is -0.117. The molecule has 3 rings (SSSR count). The molecule has 1 saturated heterocycles. The minimum Gasteiger partial charge on any atom is -0.306 e. The van der Waals surface area contributed by atoms with Crippen molar-refractivity contribution in [2.45, 2.75) is 25.3 Å². The molecule has 7 heteroatoms. The Kier molecular flexibility index (Phi) is 6.20. The Bertz CT molecular complexity index is 641. The van der Waals surface area contributed by atoms with E-state index in [0.717, 1.165) is 41.3 Å². The second-order valence-electron chi connectivity index (χ2n) is 5.08. The summed E-state index contributed by atoms with van der Waals surface area (Å²) in [5, 5.41) is 7.45. The molecular formula is C15H17Cl2N3OS. The minimum atomic E-state index is -0.0784. The van der Waals surface area contributed by atoms with E-state index >= 15 is 0 Å². The third kappa shape index (κ3) is 4.43.